The number of hydrogen-bond donors (Lipinski definition) is 6. The number of amides is 3. The van der Waals surface area contributed by atoms with Gasteiger partial charge in [0.25, 0.3) is 0 Å². The monoisotopic (exact) mass is 655 g/mol. The summed E-state index contributed by atoms with van der Waals surface area (Å²) in [5.41, 5.74) is 15.6. The zero-order valence-electron chi connectivity index (χ0n) is 26.8. The zero-order chi connectivity index (χ0) is 33.2. The third-order valence-electron chi connectivity index (χ3n) is 8.69. The molecule has 0 aliphatic carbocycles. The summed E-state index contributed by atoms with van der Waals surface area (Å²) in [6.07, 6.45) is 4.22. The first-order chi connectivity index (χ1) is 22.9. The van der Waals surface area contributed by atoms with Crippen molar-refractivity contribution >= 4 is 40.4 Å². The molecule has 47 heavy (non-hydrogen) atoms. The van der Waals surface area contributed by atoms with Gasteiger partial charge in [0, 0.05) is 53.4 Å². The molecule has 0 saturated carbocycles. The molecule has 4 aromatic rings. The second-order valence-electron chi connectivity index (χ2n) is 11.9. The van der Waals surface area contributed by atoms with Crippen LogP contribution in [0.2, 0.25) is 0 Å². The van der Waals surface area contributed by atoms with E-state index >= 15 is 0 Å². The number of hydrogen-bond acceptors (Lipinski definition) is 7. The third-order valence-corrected chi connectivity index (χ3v) is 9.92. The number of nitrogens with two attached hydrogens (primary N) is 2. The highest BCUT2D eigenvalue weighted by atomic mass is 32.2. The maximum Gasteiger partial charge on any atom is 0.245 e. The van der Waals surface area contributed by atoms with Crippen LogP contribution >= 0.6 is 11.8 Å². The van der Waals surface area contributed by atoms with E-state index in [1.165, 1.54) is 4.90 Å². The quantitative estimate of drug-likeness (QED) is 0.170. The molecule has 10 nitrogen and oxygen atoms in total. The van der Waals surface area contributed by atoms with E-state index in [2.05, 4.69) is 27.0 Å². The lowest BCUT2D eigenvalue weighted by atomic mass is 10.0. The molecular weight excluding hydrogens is 611 g/mol. The summed E-state index contributed by atoms with van der Waals surface area (Å²) in [5, 5.41) is 10.6. The molecule has 0 bridgehead atoms. The maximum atomic E-state index is 14.2. The third kappa shape index (κ3) is 8.61. The molecule has 3 amide bonds. The van der Waals surface area contributed by atoms with Crippen molar-refractivity contribution in [3.63, 3.8) is 0 Å². The molecule has 0 fully saturated rings. The van der Waals surface area contributed by atoms with Gasteiger partial charge in [0.1, 0.15) is 12.1 Å². The largest absolute Gasteiger partial charge is 0.361 e. The van der Waals surface area contributed by atoms with Crippen LogP contribution in [0.3, 0.4) is 0 Å². The molecule has 3 atom stereocenters. The number of para-hydroxylation sites is 1. The minimum absolute atomic E-state index is 0.276. The molecule has 1 aromatic heterocycles. The van der Waals surface area contributed by atoms with E-state index in [0.29, 0.717) is 58.3 Å². The van der Waals surface area contributed by atoms with Crippen molar-refractivity contribution in [2.24, 2.45) is 11.5 Å². The number of aromatic nitrogens is 1. The first-order valence-corrected chi connectivity index (χ1v) is 17.1. The lowest BCUT2D eigenvalue weighted by Crippen LogP contribution is -2.57. The second-order valence-corrected chi connectivity index (χ2v) is 13.0. The topological polar surface area (TPSA) is 158 Å². The molecule has 0 unspecified atom stereocenters. The van der Waals surface area contributed by atoms with Gasteiger partial charge in [-0.05, 0) is 73.7 Å². The average Bonchev–Trinajstić information content (AvgIpc) is 3.50. The van der Waals surface area contributed by atoms with Crippen LogP contribution in [-0.2, 0) is 33.9 Å². The van der Waals surface area contributed by atoms with Gasteiger partial charge >= 0.3 is 0 Å². The number of aromatic amines is 1. The minimum Gasteiger partial charge on any atom is -0.361 e. The summed E-state index contributed by atoms with van der Waals surface area (Å²) >= 11 is 1.63. The van der Waals surface area contributed by atoms with Crippen molar-refractivity contribution in [2.75, 3.05) is 20.1 Å². The summed E-state index contributed by atoms with van der Waals surface area (Å²) in [6, 6.07) is 21.7. The van der Waals surface area contributed by atoms with Gasteiger partial charge in [0.05, 0.1) is 6.04 Å². The minimum atomic E-state index is -0.851. The zero-order valence-corrected chi connectivity index (χ0v) is 27.7. The van der Waals surface area contributed by atoms with Gasteiger partial charge in [-0.15, -0.1) is 0 Å². The van der Waals surface area contributed by atoms with E-state index in [4.69, 9.17) is 11.5 Å². The lowest BCUT2D eigenvalue weighted by molar-refractivity contribution is -0.142. The van der Waals surface area contributed by atoms with Crippen LogP contribution in [0.25, 0.3) is 10.9 Å². The van der Waals surface area contributed by atoms with E-state index in [0.717, 1.165) is 37.4 Å². The molecule has 1 aliphatic heterocycles. The number of nitrogens with zero attached hydrogens (tertiary/aromatic N) is 1. The van der Waals surface area contributed by atoms with Crippen molar-refractivity contribution in [3.05, 3.63) is 95.7 Å². The SMILES string of the molecule is CN1C(=O)[C@H](CCCN)NC(=O)[C@H](CCCN)NCc2ccccc2Sc2ccccc2CNC(=O)[C@@H]1Cc1c[nH]c2ccccc12. The fourth-order valence-corrected chi connectivity index (χ4v) is 7.04. The first-order valence-electron chi connectivity index (χ1n) is 16.3. The van der Waals surface area contributed by atoms with Crippen LogP contribution in [0.1, 0.15) is 42.4 Å². The van der Waals surface area contributed by atoms with Crippen LogP contribution in [-0.4, -0.2) is 65.9 Å². The van der Waals surface area contributed by atoms with Crippen LogP contribution in [0.5, 0.6) is 0 Å². The molecule has 0 saturated heterocycles. The molecule has 248 valence electrons. The second kappa shape index (κ2) is 16.6. The number of carbonyl (C=O) groups excluding carboxylic acids is 3. The lowest BCUT2D eigenvalue weighted by Gasteiger charge is -2.32. The smallest absolute Gasteiger partial charge is 0.245 e. The van der Waals surface area contributed by atoms with Crippen LogP contribution in [0, 0.1) is 0 Å². The molecule has 11 heteroatoms. The van der Waals surface area contributed by atoms with Gasteiger partial charge in [0.15, 0.2) is 0 Å². The van der Waals surface area contributed by atoms with Crippen molar-refractivity contribution in [3.8, 4) is 0 Å². The molecule has 5 rings (SSSR count). The number of benzene rings is 3. The summed E-state index contributed by atoms with van der Waals surface area (Å²) in [7, 11) is 1.64. The Hall–Kier alpha value is -4.16. The molecule has 0 spiro atoms. The van der Waals surface area contributed by atoms with Crippen molar-refractivity contribution in [2.45, 2.75) is 73.1 Å². The van der Waals surface area contributed by atoms with E-state index in [1.54, 1.807) is 18.8 Å². The van der Waals surface area contributed by atoms with Gasteiger partial charge in [-0.25, -0.2) is 0 Å². The molecule has 8 N–H and O–H groups in total. The summed E-state index contributed by atoms with van der Waals surface area (Å²) in [4.78, 5) is 48.9. The summed E-state index contributed by atoms with van der Waals surface area (Å²) in [6.45, 7) is 1.56. The van der Waals surface area contributed by atoms with Crippen molar-refractivity contribution < 1.29 is 14.4 Å². The Kier molecular flexibility index (Phi) is 12.1. The van der Waals surface area contributed by atoms with E-state index in [1.807, 2.05) is 72.9 Å². The van der Waals surface area contributed by atoms with Gasteiger partial charge in [-0.1, -0.05) is 66.4 Å². The Labute approximate surface area is 280 Å². The molecule has 0 radical (unpaired) electrons. The van der Waals surface area contributed by atoms with Gasteiger partial charge < -0.3 is 37.3 Å². The van der Waals surface area contributed by atoms with Gasteiger partial charge in [-0.3, -0.25) is 14.4 Å². The highest BCUT2D eigenvalue weighted by molar-refractivity contribution is 7.99. The highest BCUT2D eigenvalue weighted by Crippen LogP contribution is 2.33. The Balaban J connectivity index is 1.53. The van der Waals surface area contributed by atoms with E-state index in [-0.39, 0.29) is 17.7 Å². The molecule has 3 aromatic carbocycles. The number of likely N-dealkylation sites (N-methyl/N-ethyl adjacent to an activating group) is 1. The van der Waals surface area contributed by atoms with Crippen LogP contribution in [0.15, 0.2) is 88.8 Å². The standard InChI is InChI=1S/C36H45N7O3S/c1-43-31(20-26-23-39-28-13-5-4-12-27(26)28)35(45)41-22-25-11-3-7-17-33(25)47-32-16-6-2-10-24(32)21-40-29(14-8-18-37)34(44)42-30(36(43)46)15-9-19-38/h2-7,10-13,16-17,23,29-31,39-40H,8-9,14-15,18-22,37-38H2,1H3,(H,41,45)(H,42,44)/t29-,30-,31-/m0/s1. The predicted molar refractivity (Wildman–Crippen MR) is 187 cm³/mol. The predicted octanol–water partition coefficient (Wildman–Crippen LogP) is 3.44. The molecular formula is C36H45N7O3S. The average molecular weight is 656 g/mol. The maximum absolute atomic E-state index is 14.2. The van der Waals surface area contributed by atoms with E-state index in [9.17, 15) is 14.4 Å². The number of nitrogens with one attached hydrogen (secondary N) is 4. The van der Waals surface area contributed by atoms with Crippen molar-refractivity contribution in [1.82, 2.24) is 25.8 Å². The molecule has 2 heterocycles. The number of rotatable bonds is 8. The van der Waals surface area contributed by atoms with Crippen LogP contribution < -0.4 is 27.4 Å². The Morgan fingerprint density at radius 3 is 2.11 bits per heavy atom. The highest BCUT2D eigenvalue weighted by Gasteiger charge is 2.34. The summed E-state index contributed by atoms with van der Waals surface area (Å²) in [5.74, 6) is -0.892. The fourth-order valence-electron chi connectivity index (χ4n) is 5.96. The molecule has 1 aliphatic rings. The van der Waals surface area contributed by atoms with Crippen LogP contribution in [0.4, 0.5) is 0 Å². The Bertz CT molecular complexity index is 1680. The normalized spacial score (nSPS) is 19.9. The number of H-pyrrole nitrogens is 1. The Morgan fingerprint density at radius 2 is 1.40 bits per heavy atom. The summed E-state index contributed by atoms with van der Waals surface area (Å²) < 4.78 is 0. The van der Waals surface area contributed by atoms with Crippen molar-refractivity contribution in [1.29, 1.82) is 0 Å². The Morgan fingerprint density at radius 1 is 0.787 bits per heavy atom. The fraction of sp³-hybridized carbons (Fsp3) is 0.361. The number of fused-ring (bicyclic) bond motifs is 3. The first kappa shape index (κ1) is 34.2. The van der Waals surface area contributed by atoms with Gasteiger partial charge in [0.2, 0.25) is 17.7 Å². The van der Waals surface area contributed by atoms with E-state index < -0.39 is 18.1 Å². The van der Waals surface area contributed by atoms with Gasteiger partial charge in [-0.2, -0.15) is 0 Å². The number of carbonyl (C=O) groups is 3.